The van der Waals surface area contributed by atoms with Gasteiger partial charge in [-0.25, -0.2) is 4.67 Å². The standard InChI is InChI=1S/C13H26Br2NO2P/c1-10(2)12-6-5-11(3)9-13(12)18-19(15,17)16(4)8-7-14/h10-13H,5-9H2,1-4H3/t11-,12+,13-,19?/m1/s1. The highest BCUT2D eigenvalue weighted by molar-refractivity contribution is 9.39. The second-order valence-corrected chi connectivity index (χ2v) is 11.3. The van der Waals surface area contributed by atoms with E-state index < -0.39 is 6.22 Å². The summed E-state index contributed by atoms with van der Waals surface area (Å²) in [5, 5.41) is 0.789. The van der Waals surface area contributed by atoms with E-state index in [2.05, 4.69) is 52.2 Å². The van der Waals surface area contributed by atoms with Crippen LogP contribution in [0, 0.1) is 17.8 Å². The molecule has 0 aliphatic heterocycles. The summed E-state index contributed by atoms with van der Waals surface area (Å²) in [6, 6.07) is 0. The van der Waals surface area contributed by atoms with Crippen LogP contribution in [0.4, 0.5) is 0 Å². The first-order valence-corrected chi connectivity index (χ1v) is 11.7. The minimum atomic E-state index is -2.86. The van der Waals surface area contributed by atoms with Crippen molar-refractivity contribution in [3.8, 4) is 0 Å². The number of hydrogen-bond donors (Lipinski definition) is 0. The molecule has 6 heteroatoms. The Bertz CT molecular complexity index is 328. The van der Waals surface area contributed by atoms with Crippen LogP contribution in [-0.4, -0.2) is 29.7 Å². The van der Waals surface area contributed by atoms with Gasteiger partial charge in [-0.2, -0.15) is 0 Å². The van der Waals surface area contributed by atoms with Gasteiger partial charge in [0.25, 0.3) is 0 Å². The number of halogens is 2. The molecule has 3 nitrogen and oxygen atoms in total. The zero-order valence-electron chi connectivity index (χ0n) is 12.3. The van der Waals surface area contributed by atoms with Gasteiger partial charge in [0, 0.05) is 27.4 Å². The van der Waals surface area contributed by atoms with E-state index >= 15 is 0 Å². The second kappa shape index (κ2) is 7.93. The summed E-state index contributed by atoms with van der Waals surface area (Å²) >= 11 is 6.69. The summed E-state index contributed by atoms with van der Waals surface area (Å²) < 4.78 is 20.4. The Kier molecular flexibility index (Phi) is 7.58. The van der Waals surface area contributed by atoms with E-state index in [-0.39, 0.29) is 6.10 Å². The maximum Gasteiger partial charge on any atom is 0.336 e. The van der Waals surface area contributed by atoms with Gasteiger partial charge in [-0.05, 0) is 37.6 Å². The van der Waals surface area contributed by atoms with Gasteiger partial charge in [0.1, 0.15) is 0 Å². The molecule has 1 saturated carbocycles. The maximum atomic E-state index is 12.6. The largest absolute Gasteiger partial charge is 0.336 e. The van der Waals surface area contributed by atoms with Crippen molar-refractivity contribution in [3.63, 3.8) is 0 Å². The number of hydrogen-bond acceptors (Lipinski definition) is 2. The van der Waals surface area contributed by atoms with E-state index in [0.717, 1.165) is 11.8 Å². The summed E-state index contributed by atoms with van der Waals surface area (Å²) in [7, 11) is 1.84. The van der Waals surface area contributed by atoms with Gasteiger partial charge >= 0.3 is 6.22 Å². The van der Waals surface area contributed by atoms with Crippen molar-refractivity contribution in [1.82, 2.24) is 4.67 Å². The van der Waals surface area contributed by atoms with Crippen LogP contribution in [0.5, 0.6) is 0 Å². The van der Waals surface area contributed by atoms with Crippen LogP contribution < -0.4 is 0 Å². The lowest BCUT2D eigenvalue weighted by Crippen LogP contribution is -2.34. The highest BCUT2D eigenvalue weighted by Gasteiger charge is 2.37. The van der Waals surface area contributed by atoms with Gasteiger partial charge in [-0.1, -0.05) is 43.1 Å². The van der Waals surface area contributed by atoms with Gasteiger partial charge in [-0.3, -0.25) is 4.57 Å². The zero-order valence-corrected chi connectivity index (χ0v) is 16.4. The van der Waals surface area contributed by atoms with Crippen LogP contribution in [0.2, 0.25) is 0 Å². The zero-order chi connectivity index (χ0) is 14.6. The quantitative estimate of drug-likeness (QED) is 0.433. The molecule has 0 radical (unpaired) electrons. The van der Waals surface area contributed by atoms with E-state index in [1.54, 1.807) is 4.67 Å². The Morgan fingerprint density at radius 3 is 2.58 bits per heavy atom. The molecular weight excluding hydrogens is 393 g/mol. The third-order valence-electron chi connectivity index (χ3n) is 4.04. The van der Waals surface area contributed by atoms with Gasteiger partial charge in [-0.15, -0.1) is 0 Å². The molecule has 1 aliphatic rings. The van der Waals surface area contributed by atoms with Gasteiger partial charge in [0.05, 0.1) is 6.10 Å². The minimum absolute atomic E-state index is 0.103. The normalized spacial score (nSPS) is 31.7. The molecule has 114 valence electrons. The Morgan fingerprint density at radius 2 is 2.05 bits per heavy atom. The number of alkyl halides is 1. The summed E-state index contributed by atoms with van der Waals surface area (Å²) in [4.78, 5) is 0. The van der Waals surface area contributed by atoms with Crippen molar-refractivity contribution in [3.05, 3.63) is 0 Å². The molecular formula is C13H26Br2NO2P. The Balaban J connectivity index is 2.72. The lowest BCUT2D eigenvalue weighted by Gasteiger charge is -2.39. The average Bonchev–Trinajstić information content (AvgIpc) is 2.28. The smallest absolute Gasteiger partial charge is 0.306 e. The van der Waals surface area contributed by atoms with Crippen LogP contribution in [0.25, 0.3) is 0 Å². The molecule has 0 saturated heterocycles. The molecule has 4 atom stereocenters. The van der Waals surface area contributed by atoms with Crippen LogP contribution >= 0.6 is 37.6 Å². The predicted octanol–water partition coefficient (Wildman–Crippen LogP) is 5.29. The SMILES string of the molecule is CC(C)[C@@H]1CC[C@@H](C)C[C@H]1OP(=O)(Br)N(C)CCBr. The first-order chi connectivity index (χ1) is 8.77. The average molecular weight is 419 g/mol. The molecule has 0 amide bonds. The van der Waals surface area contributed by atoms with Crippen LogP contribution in [0.1, 0.15) is 40.0 Å². The molecule has 0 aromatic rings. The van der Waals surface area contributed by atoms with Crippen LogP contribution in [0.3, 0.4) is 0 Å². The summed E-state index contributed by atoms with van der Waals surface area (Å²) in [5.41, 5.74) is 0. The predicted molar refractivity (Wildman–Crippen MR) is 89.2 cm³/mol. The number of nitrogens with zero attached hydrogens (tertiary/aromatic N) is 1. The van der Waals surface area contributed by atoms with E-state index in [9.17, 15) is 4.57 Å². The van der Waals surface area contributed by atoms with Crippen molar-refractivity contribution in [2.75, 3.05) is 18.9 Å². The van der Waals surface area contributed by atoms with E-state index in [1.807, 2.05) is 7.05 Å². The molecule has 0 N–H and O–H groups in total. The molecule has 1 unspecified atom stereocenters. The molecule has 0 heterocycles. The van der Waals surface area contributed by atoms with Gasteiger partial charge < -0.3 is 4.52 Å². The Labute approximate surface area is 134 Å². The third kappa shape index (κ3) is 5.43. The third-order valence-corrected chi connectivity index (χ3v) is 8.07. The topological polar surface area (TPSA) is 29.5 Å². The Morgan fingerprint density at radius 1 is 1.42 bits per heavy atom. The molecule has 1 aliphatic carbocycles. The number of rotatable bonds is 6. The van der Waals surface area contributed by atoms with Crippen molar-refractivity contribution in [1.29, 1.82) is 0 Å². The highest BCUT2D eigenvalue weighted by Crippen LogP contribution is 2.60. The van der Waals surface area contributed by atoms with Crippen molar-refractivity contribution >= 4 is 37.6 Å². The van der Waals surface area contributed by atoms with Gasteiger partial charge in [0.15, 0.2) is 0 Å². The summed E-state index contributed by atoms with van der Waals surface area (Å²) in [6.07, 6.45) is 0.697. The highest BCUT2D eigenvalue weighted by atomic mass is 79.9. The van der Waals surface area contributed by atoms with Gasteiger partial charge in [0.2, 0.25) is 0 Å². The summed E-state index contributed by atoms with van der Waals surface area (Å²) in [6.45, 7) is 7.43. The minimum Gasteiger partial charge on any atom is -0.306 e. The lowest BCUT2D eigenvalue weighted by atomic mass is 9.75. The van der Waals surface area contributed by atoms with Crippen LogP contribution in [0.15, 0.2) is 0 Å². The molecule has 1 fully saturated rings. The second-order valence-electron chi connectivity index (χ2n) is 5.99. The molecule has 0 aromatic carbocycles. The molecule has 0 bridgehead atoms. The molecule has 0 spiro atoms. The molecule has 0 aromatic heterocycles. The first-order valence-electron chi connectivity index (χ1n) is 7.03. The molecule has 1 rings (SSSR count). The lowest BCUT2D eigenvalue weighted by molar-refractivity contribution is 0.0457. The summed E-state index contributed by atoms with van der Waals surface area (Å²) in [5.74, 6) is 1.75. The Hall–Kier alpha value is 1.11. The van der Waals surface area contributed by atoms with E-state index in [0.29, 0.717) is 24.3 Å². The maximum absolute atomic E-state index is 12.6. The monoisotopic (exact) mass is 417 g/mol. The fraction of sp³-hybridized carbons (Fsp3) is 1.00. The first kappa shape index (κ1) is 18.2. The fourth-order valence-electron chi connectivity index (χ4n) is 2.73. The van der Waals surface area contributed by atoms with Crippen LogP contribution in [-0.2, 0) is 9.09 Å². The van der Waals surface area contributed by atoms with Crippen molar-refractivity contribution < 1.29 is 9.09 Å². The van der Waals surface area contributed by atoms with Crippen molar-refractivity contribution in [2.24, 2.45) is 17.8 Å². The van der Waals surface area contributed by atoms with Crippen molar-refractivity contribution in [2.45, 2.75) is 46.1 Å². The fourth-order valence-corrected chi connectivity index (χ4v) is 5.73. The van der Waals surface area contributed by atoms with E-state index in [4.69, 9.17) is 4.52 Å². The molecule has 19 heavy (non-hydrogen) atoms. The van der Waals surface area contributed by atoms with E-state index in [1.165, 1.54) is 12.8 Å².